The van der Waals surface area contributed by atoms with Crippen molar-refractivity contribution in [3.8, 4) is 10.7 Å². The lowest BCUT2D eigenvalue weighted by molar-refractivity contribution is 0.00347. The molecule has 0 aliphatic carbocycles. The van der Waals surface area contributed by atoms with E-state index in [1.54, 1.807) is 0 Å². The fourth-order valence-corrected chi connectivity index (χ4v) is 3.51. The fourth-order valence-electron chi connectivity index (χ4n) is 2.71. The summed E-state index contributed by atoms with van der Waals surface area (Å²) in [6.45, 7) is 0.879. The van der Waals surface area contributed by atoms with Crippen molar-refractivity contribution in [1.29, 1.82) is 0 Å². The number of rotatable bonds is 3. The van der Waals surface area contributed by atoms with Gasteiger partial charge in [0, 0.05) is 11.6 Å². The highest BCUT2D eigenvalue weighted by Crippen LogP contribution is 2.28. The number of urea groups is 1. The van der Waals surface area contributed by atoms with Gasteiger partial charge >= 0.3 is 6.03 Å². The number of halogens is 2. The molecule has 2 amide bonds. The maximum atomic E-state index is 14.0. The van der Waals surface area contributed by atoms with Gasteiger partial charge in [-0.1, -0.05) is 22.8 Å². The van der Waals surface area contributed by atoms with E-state index in [0.717, 1.165) is 10.9 Å². The van der Waals surface area contributed by atoms with Crippen LogP contribution in [0.4, 0.5) is 14.9 Å². The zero-order chi connectivity index (χ0) is 18.8. The van der Waals surface area contributed by atoms with Crippen molar-refractivity contribution in [2.24, 2.45) is 0 Å². The van der Waals surface area contributed by atoms with Crippen LogP contribution in [0.25, 0.3) is 10.7 Å². The van der Waals surface area contributed by atoms with E-state index in [1.165, 1.54) is 28.4 Å². The minimum absolute atomic E-state index is 0.0412. The summed E-state index contributed by atoms with van der Waals surface area (Å²) in [5.74, 6) is 0.109. The number of aromatic nitrogens is 2. The Bertz CT molecular complexity index is 950. The van der Waals surface area contributed by atoms with Crippen LogP contribution < -0.4 is 5.32 Å². The highest BCUT2D eigenvalue weighted by molar-refractivity contribution is 7.13. The highest BCUT2D eigenvalue weighted by atomic mass is 35.5. The third kappa shape index (κ3) is 3.80. The number of nitrogens with zero attached hydrogens (tertiary/aromatic N) is 3. The second-order valence-electron chi connectivity index (χ2n) is 5.77. The zero-order valence-electron chi connectivity index (χ0n) is 13.9. The van der Waals surface area contributed by atoms with Crippen molar-refractivity contribution in [2.75, 3.05) is 25.1 Å². The van der Waals surface area contributed by atoms with Crippen LogP contribution >= 0.6 is 22.9 Å². The molecule has 4 rings (SSSR count). The summed E-state index contributed by atoms with van der Waals surface area (Å²) in [5, 5.41) is 8.69. The molecule has 3 heterocycles. The van der Waals surface area contributed by atoms with Gasteiger partial charge in [-0.3, -0.25) is 0 Å². The number of hydrogen-bond donors (Lipinski definition) is 1. The largest absolute Gasteiger partial charge is 0.377 e. The molecule has 10 heteroatoms. The van der Waals surface area contributed by atoms with Gasteiger partial charge in [0.2, 0.25) is 5.82 Å². The molecule has 0 unspecified atom stereocenters. The predicted octanol–water partition coefficient (Wildman–Crippen LogP) is 4.20. The SMILES string of the molecule is O=C(Nc1ccc(Cl)cc1F)N1CCOC[C@@H]1c1nc(-c2cccs2)no1. The summed E-state index contributed by atoms with van der Waals surface area (Å²) >= 11 is 7.23. The van der Waals surface area contributed by atoms with Gasteiger partial charge in [-0.25, -0.2) is 9.18 Å². The van der Waals surface area contributed by atoms with Gasteiger partial charge in [-0.2, -0.15) is 4.98 Å². The molecular weight excluding hydrogens is 395 g/mol. The van der Waals surface area contributed by atoms with Crippen LogP contribution in [0.5, 0.6) is 0 Å². The molecule has 0 radical (unpaired) electrons. The molecule has 1 aliphatic heterocycles. The van der Waals surface area contributed by atoms with E-state index in [1.807, 2.05) is 17.5 Å². The molecule has 27 heavy (non-hydrogen) atoms. The third-order valence-electron chi connectivity index (χ3n) is 4.03. The molecule has 1 N–H and O–H groups in total. The van der Waals surface area contributed by atoms with Crippen molar-refractivity contribution in [1.82, 2.24) is 15.0 Å². The van der Waals surface area contributed by atoms with Crippen LogP contribution in [0.2, 0.25) is 5.02 Å². The maximum Gasteiger partial charge on any atom is 0.322 e. The van der Waals surface area contributed by atoms with Crippen molar-refractivity contribution >= 4 is 34.7 Å². The molecule has 140 valence electrons. The molecule has 3 aromatic rings. The van der Waals surface area contributed by atoms with Crippen molar-refractivity contribution in [3.05, 3.63) is 52.4 Å². The van der Waals surface area contributed by atoms with Crippen LogP contribution in [0.3, 0.4) is 0 Å². The third-order valence-corrected chi connectivity index (χ3v) is 5.13. The predicted molar refractivity (Wildman–Crippen MR) is 98.3 cm³/mol. The van der Waals surface area contributed by atoms with Gasteiger partial charge in [-0.05, 0) is 29.6 Å². The number of anilines is 1. The summed E-state index contributed by atoms with van der Waals surface area (Å²) in [4.78, 5) is 19.4. The summed E-state index contributed by atoms with van der Waals surface area (Å²) in [6, 6.07) is 6.77. The van der Waals surface area contributed by atoms with Crippen LogP contribution in [0, 0.1) is 5.82 Å². The van der Waals surface area contributed by atoms with Gasteiger partial charge in [0.15, 0.2) is 0 Å². The Hall–Kier alpha value is -2.49. The molecule has 1 atom stereocenters. The molecule has 1 aliphatic rings. The Labute approximate surface area is 162 Å². The molecule has 1 fully saturated rings. The monoisotopic (exact) mass is 408 g/mol. The van der Waals surface area contributed by atoms with E-state index in [4.69, 9.17) is 20.9 Å². The maximum absolute atomic E-state index is 14.0. The smallest absolute Gasteiger partial charge is 0.322 e. The number of carbonyl (C=O) groups is 1. The first-order valence-corrected chi connectivity index (χ1v) is 9.35. The topological polar surface area (TPSA) is 80.5 Å². The van der Waals surface area contributed by atoms with Gasteiger partial charge < -0.3 is 19.5 Å². The second kappa shape index (κ2) is 7.63. The number of ether oxygens (including phenoxy) is 1. The Balaban J connectivity index is 1.54. The van der Waals surface area contributed by atoms with Gasteiger partial charge in [0.25, 0.3) is 5.89 Å². The Kier molecular flexibility index (Phi) is 5.06. The number of amides is 2. The van der Waals surface area contributed by atoms with E-state index >= 15 is 0 Å². The molecule has 1 saturated heterocycles. The first kappa shape index (κ1) is 17.9. The van der Waals surface area contributed by atoms with E-state index in [9.17, 15) is 9.18 Å². The molecule has 0 saturated carbocycles. The lowest BCUT2D eigenvalue weighted by Gasteiger charge is -2.33. The number of carbonyl (C=O) groups excluding carboxylic acids is 1. The molecule has 2 aromatic heterocycles. The van der Waals surface area contributed by atoms with Crippen LogP contribution in [0.1, 0.15) is 11.9 Å². The molecule has 1 aromatic carbocycles. The first-order chi connectivity index (χ1) is 13.1. The average molecular weight is 409 g/mol. The summed E-state index contributed by atoms with van der Waals surface area (Å²) in [7, 11) is 0. The lowest BCUT2D eigenvalue weighted by Crippen LogP contribution is -2.45. The minimum atomic E-state index is -0.613. The van der Waals surface area contributed by atoms with Crippen molar-refractivity contribution in [2.45, 2.75) is 6.04 Å². The van der Waals surface area contributed by atoms with Crippen LogP contribution in [-0.2, 0) is 4.74 Å². The van der Waals surface area contributed by atoms with Gasteiger partial charge in [-0.15, -0.1) is 11.3 Å². The van der Waals surface area contributed by atoms with E-state index in [-0.39, 0.29) is 23.2 Å². The Morgan fingerprint density at radius 3 is 3.07 bits per heavy atom. The minimum Gasteiger partial charge on any atom is -0.377 e. The highest BCUT2D eigenvalue weighted by Gasteiger charge is 2.33. The lowest BCUT2D eigenvalue weighted by atomic mass is 10.2. The van der Waals surface area contributed by atoms with Gasteiger partial charge in [0.1, 0.15) is 11.9 Å². The molecule has 0 spiro atoms. The Morgan fingerprint density at radius 2 is 2.30 bits per heavy atom. The summed E-state index contributed by atoms with van der Waals surface area (Å²) in [5.41, 5.74) is 0.0412. The fraction of sp³-hybridized carbons (Fsp3) is 0.235. The first-order valence-electron chi connectivity index (χ1n) is 8.10. The molecule has 7 nitrogen and oxygen atoms in total. The van der Waals surface area contributed by atoms with Gasteiger partial charge in [0.05, 0.1) is 23.8 Å². The van der Waals surface area contributed by atoms with E-state index < -0.39 is 17.9 Å². The number of thiophene rings is 1. The average Bonchev–Trinajstić information content (AvgIpc) is 3.35. The van der Waals surface area contributed by atoms with Crippen molar-refractivity contribution in [3.63, 3.8) is 0 Å². The normalized spacial score (nSPS) is 17.1. The van der Waals surface area contributed by atoms with E-state index in [2.05, 4.69) is 15.5 Å². The second-order valence-corrected chi connectivity index (χ2v) is 7.16. The van der Waals surface area contributed by atoms with Crippen LogP contribution in [-0.4, -0.2) is 40.8 Å². The van der Waals surface area contributed by atoms with E-state index in [0.29, 0.717) is 19.0 Å². The molecular formula is C17H14ClFN4O3S. The summed E-state index contributed by atoms with van der Waals surface area (Å²) in [6.07, 6.45) is 0. The number of benzene rings is 1. The standard InChI is InChI=1S/C17H14ClFN4O3S/c18-10-3-4-12(11(19)8-10)20-17(24)23-5-6-25-9-13(23)16-21-15(22-26-16)14-2-1-7-27-14/h1-4,7-8,13H,5-6,9H2,(H,20,24)/t13-/m1/s1. The number of nitrogens with one attached hydrogen (secondary N) is 1. The Morgan fingerprint density at radius 1 is 1.41 bits per heavy atom. The number of hydrogen-bond acceptors (Lipinski definition) is 6. The van der Waals surface area contributed by atoms with Crippen LogP contribution in [0.15, 0.2) is 40.2 Å². The molecule has 0 bridgehead atoms. The van der Waals surface area contributed by atoms with Crippen molar-refractivity contribution < 1.29 is 18.4 Å². The number of morpholine rings is 1. The zero-order valence-corrected chi connectivity index (χ0v) is 15.5. The summed E-state index contributed by atoms with van der Waals surface area (Å²) < 4.78 is 24.8. The quantitative estimate of drug-likeness (QED) is 0.702.